The van der Waals surface area contributed by atoms with Gasteiger partial charge in [-0.05, 0) is 0 Å². The molecule has 7 heteroatoms. The molecule has 0 saturated heterocycles. The fraction of sp³-hybridized carbons (Fsp3) is 0.600. The molecule has 0 spiro atoms. The number of rotatable bonds is 3. The van der Waals surface area contributed by atoms with Gasteiger partial charge >= 0.3 is 18.3 Å². The lowest BCUT2D eigenvalue weighted by molar-refractivity contribution is -0.144. The normalized spacial score (nSPS) is 11.2. The SMILES string of the molecule is FC(F)=C(F)OCCC(F)(F)F. The van der Waals surface area contributed by atoms with Gasteiger partial charge in [-0.1, -0.05) is 0 Å². The summed E-state index contributed by atoms with van der Waals surface area (Å²) >= 11 is 0. The van der Waals surface area contributed by atoms with Crippen molar-refractivity contribution in [1.29, 1.82) is 0 Å². The van der Waals surface area contributed by atoms with E-state index in [4.69, 9.17) is 0 Å². The predicted molar refractivity (Wildman–Crippen MR) is 27.0 cm³/mol. The van der Waals surface area contributed by atoms with Crippen LogP contribution in [0.25, 0.3) is 0 Å². The lowest BCUT2D eigenvalue weighted by Crippen LogP contribution is -2.10. The van der Waals surface area contributed by atoms with Gasteiger partial charge in [0.15, 0.2) is 0 Å². The molecule has 0 aromatic carbocycles. The first-order chi connectivity index (χ1) is 5.33. The number of hydrogen-bond acceptors (Lipinski definition) is 1. The van der Waals surface area contributed by atoms with Crippen molar-refractivity contribution in [1.82, 2.24) is 0 Å². The summed E-state index contributed by atoms with van der Waals surface area (Å²) in [5.41, 5.74) is 0. The number of hydrogen-bond donors (Lipinski definition) is 0. The fourth-order valence-electron chi connectivity index (χ4n) is 0.311. The van der Waals surface area contributed by atoms with Crippen molar-refractivity contribution in [2.75, 3.05) is 6.61 Å². The van der Waals surface area contributed by atoms with E-state index >= 15 is 0 Å². The standard InChI is InChI=1S/C5H4F6O/c6-3(7)4(8)12-2-1-5(9,10)11/h1-2H2. The molecule has 0 unspecified atom stereocenters. The van der Waals surface area contributed by atoms with E-state index in [-0.39, 0.29) is 0 Å². The van der Waals surface area contributed by atoms with Crippen LogP contribution >= 0.6 is 0 Å². The van der Waals surface area contributed by atoms with Gasteiger partial charge in [0.1, 0.15) is 0 Å². The Hall–Kier alpha value is -0.880. The Morgan fingerprint density at radius 1 is 1.08 bits per heavy atom. The third kappa shape index (κ3) is 5.87. The smallest absolute Gasteiger partial charge is 0.392 e. The Balaban J connectivity index is 3.66. The van der Waals surface area contributed by atoms with Gasteiger partial charge < -0.3 is 4.74 Å². The summed E-state index contributed by atoms with van der Waals surface area (Å²) in [4.78, 5) is 0. The molecule has 0 aliphatic carbocycles. The van der Waals surface area contributed by atoms with Crippen LogP contribution in [-0.4, -0.2) is 12.8 Å². The minimum absolute atomic E-state index is 1.15. The van der Waals surface area contributed by atoms with Crippen molar-refractivity contribution in [2.24, 2.45) is 0 Å². The quantitative estimate of drug-likeness (QED) is 0.495. The van der Waals surface area contributed by atoms with Gasteiger partial charge in [0.25, 0.3) is 0 Å². The monoisotopic (exact) mass is 194 g/mol. The van der Waals surface area contributed by atoms with Crippen molar-refractivity contribution in [3.8, 4) is 0 Å². The molecule has 0 amide bonds. The third-order valence-corrected chi connectivity index (χ3v) is 0.763. The van der Waals surface area contributed by atoms with E-state index in [9.17, 15) is 26.3 Å². The van der Waals surface area contributed by atoms with Gasteiger partial charge in [-0.2, -0.15) is 26.3 Å². The zero-order valence-corrected chi connectivity index (χ0v) is 5.59. The van der Waals surface area contributed by atoms with Gasteiger partial charge in [-0.15, -0.1) is 0 Å². The summed E-state index contributed by atoms with van der Waals surface area (Å²) in [7, 11) is 0. The van der Waals surface area contributed by atoms with Crippen molar-refractivity contribution >= 4 is 0 Å². The van der Waals surface area contributed by atoms with Gasteiger partial charge in [-0.3, -0.25) is 0 Å². The molecule has 0 radical (unpaired) electrons. The number of ether oxygens (including phenoxy) is 1. The molecule has 0 aromatic heterocycles. The summed E-state index contributed by atoms with van der Waals surface area (Å²) in [5.74, 6) is 0. The summed E-state index contributed by atoms with van der Waals surface area (Å²) in [5, 5.41) is 0. The molecule has 1 nitrogen and oxygen atoms in total. The number of alkyl halides is 3. The van der Waals surface area contributed by atoms with E-state index in [1.54, 1.807) is 0 Å². The highest BCUT2D eigenvalue weighted by molar-refractivity contribution is 4.80. The Labute approximate surface area is 63.6 Å². The molecule has 0 N–H and O–H groups in total. The molecule has 12 heavy (non-hydrogen) atoms. The molecule has 0 aliphatic rings. The van der Waals surface area contributed by atoms with E-state index < -0.39 is 31.3 Å². The largest absolute Gasteiger partial charge is 0.467 e. The van der Waals surface area contributed by atoms with E-state index in [1.807, 2.05) is 0 Å². The second-order valence-corrected chi connectivity index (χ2v) is 1.75. The maximum atomic E-state index is 11.6. The van der Waals surface area contributed by atoms with Crippen LogP contribution < -0.4 is 0 Å². The molecule has 72 valence electrons. The van der Waals surface area contributed by atoms with Crippen LogP contribution in [0.4, 0.5) is 26.3 Å². The molecule has 0 heterocycles. The van der Waals surface area contributed by atoms with Crippen LogP contribution in [-0.2, 0) is 4.74 Å². The van der Waals surface area contributed by atoms with Crippen molar-refractivity contribution in [2.45, 2.75) is 12.6 Å². The summed E-state index contributed by atoms with van der Waals surface area (Å²) < 4.78 is 71.3. The second-order valence-electron chi connectivity index (χ2n) is 1.75. The fourth-order valence-corrected chi connectivity index (χ4v) is 0.311. The maximum Gasteiger partial charge on any atom is 0.392 e. The zero-order chi connectivity index (χ0) is 9.78. The Kier molecular flexibility index (Phi) is 3.91. The molecule has 0 saturated carbocycles. The molecule has 0 aromatic rings. The minimum Gasteiger partial charge on any atom is -0.467 e. The number of halogens is 6. The molecule has 0 aliphatic heterocycles. The van der Waals surface area contributed by atoms with Crippen molar-refractivity contribution in [3.05, 3.63) is 12.1 Å². The van der Waals surface area contributed by atoms with Gasteiger partial charge in [0.2, 0.25) is 0 Å². The van der Waals surface area contributed by atoms with Gasteiger partial charge in [-0.25, -0.2) is 0 Å². The van der Waals surface area contributed by atoms with Crippen LogP contribution in [0.3, 0.4) is 0 Å². The second kappa shape index (κ2) is 4.22. The Morgan fingerprint density at radius 3 is 1.92 bits per heavy atom. The maximum absolute atomic E-state index is 11.6. The van der Waals surface area contributed by atoms with Crippen LogP contribution in [0, 0.1) is 0 Å². The van der Waals surface area contributed by atoms with Crippen molar-refractivity contribution < 1.29 is 31.1 Å². The highest BCUT2D eigenvalue weighted by Gasteiger charge is 2.27. The first-order valence-electron chi connectivity index (χ1n) is 2.73. The van der Waals surface area contributed by atoms with Crippen LogP contribution in [0.5, 0.6) is 0 Å². The molecule has 0 bridgehead atoms. The molecule has 0 atom stereocenters. The molecule has 0 fully saturated rings. The highest BCUT2D eigenvalue weighted by Crippen LogP contribution is 2.20. The topological polar surface area (TPSA) is 9.23 Å². The Morgan fingerprint density at radius 2 is 1.58 bits per heavy atom. The average Bonchev–Trinajstić information content (AvgIpc) is 1.84. The van der Waals surface area contributed by atoms with Gasteiger partial charge in [0.05, 0.1) is 13.0 Å². The van der Waals surface area contributed by atoms with Crippen LogP contribution in [0.15, 0.2) is 12.1 Å². The third-order valence-electron chi connectivity index (χ3n) is 0.763. The van der Waals surface area contributed by atoms with E-state index in [0.29, 0.717) is 0 Å². The van der Waals surface area contributed by atoms with E-state index in [0.717, 1.165) is 0 Å². The van der Waals surface area contributed by atoms with E-state index in [1.165, 1.54) is 0 Å². The van der Waals surface area contributed by atoms with Crippen molar-refractivity contribution in [3.63, 3.8) is 0 Å². The van der Waals surface area contributed by atoms with Crippen LogP contribution in [0.1, 0.15) is 6.42 Å². The summed E-state index contributed by atoms with van der Waals surface area (Å²) in [6, 6.07) is -2.26. The minimum atomic E-state index is -4.53. The lowest BCUT2D eigenvalue weighted by Gasteiger charge is -2.05. The molecular weight excluding hydrogens is 190 g/mol. The molecule has 0 rings (SSSR count). The van der Waals surface area contributed by atoms with Crippen LogP contribution in [0.2, 0.25) is 0 Å². The first-order valence-corrected chi connectivity index (χ1v) is 2.73. The molecular formula is C5H4F6O. The summed E-state index contributed by atoms with van der Waals surface area (Å²) in [6.07, 6.45) is -8.77. The summed E-state index contributed by atoms with van der Waals surface area (Å²) in [6.45, 7) is -1.15. The lowest BCUT2D eigenvalue weighted by atomic mass is 10.4. The Bertz CT molecular complexity index is 167. The van der Waals surface area contributed by atoms with E-state index in [2.05, 4.69) is 4.74 Å². The predicted octanol–water partition coefficient (Wildman–Crippen LogP) is 2.99. The van der Waals surface area contributed by atoms with Gasteiger partial charge in [0, 0.05) is 0 Å². The average molecular weight is 194 g/mol. The zero-order valence-electron chi connectivity index (χ0n) is 5.59. The highest BCUT2D eigenvalue weighted by atomic mass is 19.4. The first kappa shape index (κ1) is 11.1.